The summed E-state index contributed by atoms with van der Waals surface area (Å²) in [5, 5.41) is 5.14. The molecule has 1 aromatic heterocycles. The van der Waals surface area contributed by atoms with E-state index in [2.05, 4.69) is 9.84 Å². The third-order valence-corrected chi connectivity index (χ3v) is 2.70. The van der Waals surface area contributed by atoms with Gasteiger partial charge >= 0.3 is 17.8 Å². The summed E-state index contributed by atoms with van der Waals surface area (Å²) in [6.45, 7) is 1.03. The number of ether oxygens (including phenoxy) is 1. The Morgan fingerprint density at radius 1 is 1.16 bits per heavy atom. The minimum Gasteiger partial charge on any atom is -0.371 e. The van der Waals surface area contributed by atoms with Crippen LogP contribution in [0.4, 0.5) is 4.79 Å². The SMILES string of the molecule is O=C(OC(=O)N1CCCCC1)c1n[nH]c(=O)[nH]c1=O. The topological polar surface area (TPSA) is 125 Å². The number of hydrogen-bond acceptors (Lipinski definition) is 6. The summed E-state index contributed by atoms with van der Waals surface area (Å²) in [5.74, 6) is -1.19. The lowest BCUT2D eigenvalue weighted by Gasteiger charge is -2.24. The third-order valence-electron chi connectivity index (χ3n) is 2.70. The maximum absolute atomic E-state index is 11.6. The fourth-order valence-electron chi connectivity index (χ4n) is 1.75. The molecule has 102 valence electrons. The van der Waals surface area contributed by atoms with Gasteiger partial charge in [0.05, 0.1) is 0 Å². The highest BCUT2D eigenvalue weighted by Crippen LogP contribution is 2.10. The summed E-state index contributed by atoms with van der Waals surface area (Å²) in [7, 11) is 0. The van der Waals surface area contributed by atoms with Crippen LogP contribution < -0.4 is 11.2 Å². The van der Waals surface area contributed by atoms with Crippen LogP contribution in [-0.2, 0) is 4.74 Å². The molecule has 0 radical (unpaired) electrons. The number of esters is 1. The van der Waals surface area contributed by atoms with Crippen LogP contribution in [0.2, 0.25) is 0 Å². The molecule has 0 atom stereocenters. The van der Waals surface area contributed by atoms with Crippen molar-refractivity contribution in [1.82, 2.24) is 20.1 Å². The van der Waals surface area contributed by atoms with Gasteiger partial charge in [0.1, 0.15) is 0 Å². The average Bonchev–Trinajstić information content (AvgIpc) is 2.39. The molecule has 1 saturated heterocycles. The number of H-pyrrole nitrogens is 2. The van der Waals surface area contributed by atoms with Crippen molar-refractivity contribution in [3.05, 3.63) is 26.5 Å². The van der Waals surface area contributed by atoms with Gasteiger partial charge < -0.3 is 9.64 Å². The van der Waals surface area contributed by atoms with E-state index >= 15 is 0 Å². The maximum atomic E-state index is 11.6. The fourth-order valence-corrected chi connectivity index (χ4v) is 1.75. The highest BCUT2D eigenvalue weighted by Gasteiger charge is 2.24. The third kappa shape index (κ3) is 3.06. The Morgan fingerprint density at radius 2 is 1.84 bits per heavy atom. The first-order valence-electron chi connectivity index (χ1n) is 5.78. The number of carbonyl (C=O) groups excluding carboxylic acids is 2. The fraction of sp³-hybridized carbons (Fsp3) is 0.500. The molecule has 0 spiro atoms. The molecule has 1 amide bonds. The lowest BCUT2D eigenvalue weighted by molar-refractivity contribution is 0.0517. The zero-order valence-corrected chi connectivity index (χ0v) is 9.97. The van der Waals surface area contributed by atoms with Crippen molar-refractivity contribution in [2.24, 2.45) is 0 Å². The standard InChI is InChI=1S/C10H12N4O5/c15-7-6(12-13-9(17)11-7)8(16)19-10(18)14-4-2-1-3-5-14/h1-5H2,(H2,11,13,15,17). The molecule has 0 aliphatic carbocycles. The minimum atomic E-state index is -1.19. The molecule has 9 nitrogen and oxygen atoms in total. The van der Waals surface area contributed by atoms with Gasteiger partial charge in [0.15, 0.2) is 0 Å². The zero-order valence-electron chi connectivity index (χ0n) is 9.97. The van der Waals surface area contributed by atoms with E-state index < -0.39 is 29.0 Å². The van der Waals surface area contributed by atoms with Gasteiger partial charge in [0, 0.05) is 13.1 Å². The van der Waals surface area contributed by atoms with Gasteiger partial charge in [-0.25, -0.2) is 19.5 Å². The molecule has 9 heteroatoms. The number of nitrogens with one attached hydrogen (secondary N) is 2. The maximum Gasteiger partial charge on any atom is 0.417 e. The van der Waals surface area contributed by atoms with Crippen molar-refractivity contribution in [3.8, 4) is 0 Å². The Balaban J connectivity index is 2.06. The van der Waals surface area contributed by atoms with Crippen LogP contribution in [0.3, 0.4) is 0 Å². The monoisotopic (exact) mass is 268 g/mol. The molecule has 2 heterocycles. The molecule has 1 aromatic rings. The van der Waals surface area contributed by atoms with E-state index in [1.54, 1.807) is 0 Å². The minimum absolute atomic E-state index is 0.515. The van der Waals surface area contributed by atoms with Crippen molar-refractivity contribution in [2.45, 2.75) is 19.3 Å². The second-order valence-electron chi connectivity index (χ2n) is 4.06. The van der Waals surface area contributed by atoms with E-state index in [4.69, 9.17) is 0 Å². The predicted molar refractivity (Wildman–Crippen MR) is 61.7 cm³/mol. The summed E-state index contributed by atoms with van der Waals surface area (Å²) >= 11 is 0. The average molecular weight is 268 g/mol. The molecular formula is C10H12N4O5. The Labute approximate surface area is 106 Å². The summed E-state index contributed by atoms with van der Waals surface area (Å²) in [6, 6.07) is 0. The quantitative estimate of drug-likeness (QED) is 0.508. The Kier molecular flexibility index (Phi) is 3.74. The lowest BCUT2D eigenvalue weighted by Crippen LogP contribution is -2.38. The van der Waals surface area contributed by atoms with Crippen molar-refractivity contribution in [1.29, 1.82) is 0 Å². The number of amides is 1. The zero-order chi connectivity index (χ0) is 13.8. The van der Waals surface area contributed by atoms with Gasteiger partial charge in [-0.05, 0) is 19.3 Å². The van der Waals surface area contributed by atoms with E-state index in [0.717, 1.165) is 19.3 Å². The Bertz CT molecular complexity index is 598. The van der Waals surface area contributed by atoms with E-state index in [1.807, 2.05) is 10.1 Å². The molecule has 0 aromatic carbocycles. The van der Waals surface area contributed by atoms with Gasteiger partial charge in [-0.1, -0.05) is 0 Å². The number of likely N-dealkylation sites (tertiary alicyclic amines) is 1. The second-order valence-corrected chi connectivity index (χ2v) is 4.06. The first kappa shape index (κ1) is 13.0. The molecule has 1 aliphatic heterocycles. The molecule has 19 heavy (non-hydrogen) atoms. The van der Waals surface area contributed by atoms with Gasteiger partial charge in [-0.15, -0.1) is 0 Å². The first-order chi connectivity index (χ1) is 9.08. The van der Waals surface area contributed by atoms with Crippen LogP contribution in [0.5, 0.6) is 0 Å². The molecule has 0 bridgehead atoms. The van der Waals surface area contributed by atoms with Crippen molar-refractivity contribution >= 4 is 12.1 Å². The second kappa shape index (κ2) is 5.46. The van der Waals surface area contributed by atoms with Crippen LogP contribution in [0.15, 0.2) is 9.59 Å². The Morgan fingerprint density at radius 3 is 2.47 bits per heavy atom. The predicted octanol–water partition coefficient (Wildman–Crippen LogP) is -0.779. The van der Waals surface area contributed by atoms with Crippen LogP contribution >= 0.6 is 0 Å². The number of nitrogens with zero attached hydrogens (tertiary/aromatic N) is 2. The Hall–Kier alpha value is -2.45. The van der Waals surface area contributed by atoms with Crippen LogP contribution in [-0.4, -0.2) is 45.2 Å². The van der Waals surface area contributed by atoms with Crippen LogP contribution in [0.1, 0.15) is 29.8 Å². The largest absolute Gasteiger partial charge is 0.417 e. The highest BCUT2D eigenvalue weighted by molar-refractivity contribution is 5.94. The number of hydrogen-bond donors (Lipinski definition) is 2. The van der Waals surface area contributed by atoms with Gasteiger partial charge in [-0.3, -0.25) is 9.78 Å². The van der Waals surface area contributed by atoms with Crippen molar-refractivity contribution in [2.75, 3.05) is 13.1 Å². The number of carbonyl (C=O) groups is 2. The molecule has 2 N–H and O–H groups in total. The molecule has 1 fully saturated rings. The number of rotatable bonds is 1. The molecule has 0 unspecified atom stereocenters. The number of aromatic amines is 2. The van der Waals surface area contributed by atoms with E-state index in [1.165, 1.54) is 4.90 Å². The number of aromatic nitrogens is 3. The first-order valence-corrected chi connectivity index (χ1v) is 5.78. The van der Waals surface area contributed by atoms with Crippen LogP contribution in [0, 0.1) is 0 Å². The molecule has 0 saturated carbocycles. The summed E-state index contributed by atoms with van der Waals surface area (Å²) in [4.78, 5) is 48.4. The normalized spacial score (nSPS) is 15.1. The van der Waals surface area contributed by atoms with Gasteiger partial charge in [0.25, 0.3) is 5.56 Å². The smallest absolute Gasteiger partial charge is 0.371 e. The van der Waals surface area contributed by atoms with E-state index in [0.29, 0.717) is 13.1 Å². The van der Waals surface area contributed by atoms with Crippen molar-refractivity contribution < 1.29 is 14.3 Å². The summed E-state index contributed by atoms with van der Waals surface area (Å²) in [6.07, 6.45) is 1.91. The lowest BCUT2D eigenvalue weighted by atomic mass is 10.1. The van der Waals surface area contributed by atoms with Crippen LogP contribution in [0.25, 0.3) is 0 Å². The van der Waals surface area contributed by atoms with E-state index in [-0.39, 0.29) is 0 Å². The van der Waals surface area contributed by atoms with Gasteiger partial charge in [-0.2, -0.15) is 5.10 Å². The molecule has 1 aliphatic rings. The summed E-state index contributed by atoms with van der Waals surface area (Å²) < 4.78 is 4.54. The highest BCUT2D eigenvalue weighted by atomic mass is 16.6. The van der Waals surface area contributed by atoms with E-state index in [9.17, 15) is 19.2 Å². The molecular weight excluding hydrogens is 256 g/mol. The summed E-state index contributed by atoms with van der Waals surface area (Å²) in [5.41, 5.74) is -2.51. The number of piperidine rings is 1. The molecule has 2 rings (SSSR count). The van der Waals surface area contributed by atoms with Gasteiger partial charge in [0.2, 0.25) is 5.69 Å². The van der Waals surface area contributed by atoms with Crippen molar-refractivity contribution in [3.63, 3.8) is 0 Å².